The standard InChI is InChI=1S/C31H36O15/c1-41-30-28(40)26(38)29(21(45-30)15-43-23(35)13-7-17-4-10-19(33)11-5-17)46-31-27(39)25(37)24(36)20(44-31)14-42-22(34)12-6-16-2-8-18(32)9-3-16/h2-13,20-21,24-33,36-40H,14-15H2,1H3/b12-6+,13-7+/t20-,21-,24-,25+,26-,27-,28-,29-,30-,31+/m1/s1. The molecule has 2 aromatic carbocycles. The average Bonchev–Trinajstić information content (AvgIpc) is 3.05. The summed E-state index contributed by atoms with van der Waals surface area (Å²) in [5, 5.41) is 71.6. The molecule has 15 nitrogen and oxygen atoms in total. The Kier molecular flexibility index (Phi) is 12.2. The molecule has 0 bridgehead atoms. The van der Waals surface area contributed by atoms with Crippen molar-refractivity contribution in [2.24, 2.45) is 0 Å². The molecule has 0 saturated carbocycles. The van der Waals surface area contributed by atoms with E-state index in [1.807, 2.05) is 0 Å². The Hall–Kier alpha value is -3.90. The van der Waals surface area contributed by atoms with Gasteiger partial charge in [0.25, 0.3) is 0 Å². The Bertz CT molecular complexity index is 1340. The Morgan fingerprint density at radius 1 is 0.652 bits per heavy atom. The van der Waals surface area contributed by atoms with Gasteiger partial charge in [-0.05, 0) is 47.5 Å². The van der Waals surface area contributed by atoms with Crippen molar-refractivity contribution in [2.45, 2.75) is 61.4 Å². The van der Waals surface area contributed by atoms with E-state index in [9.17, 15) is 45.3 Å². The number of aromatic hydroxyl groups is 2. The summed E-state index contributed by atoms with van der Waals surface area (Å²) in [7, 11) is 1.21. The topological polar surface area (TPSA) is 231 Å². The summed E-state index contributed by atoms with van der Waals surface area (Å²) in [5.41, 5.74) is 1.19. The summed E-state index contributed by atoms with van der Waals surface area (Å²) < 4.78 is 32.4. The first-order chi connectivity index (χ1) is 22.0. The van der Waals surface area contributed by atoms with Gasteiger partial charge in [-0.25, -0.2) is 9.59 Å². The molecule has 4 rings (SSSR count). The van der Waals surface area contributed by atoms with Gasteiger partial charge in [0.1, 0.15) is 73.5 Å². The Labute approximate surface area is 263 Å². The molecule has 0 spiro atoms. The number of aliphatic hydroxyl groups excluding tert-OH is 5. The van der Waals surface area contributed by atoms with Gasteiger partial charge in [0.2, 0.25) is 0 Å². The van der Waals surface area contributed by atoms with Crippen LogP contribution in [-0.4, -0.2) is 129 Å². The lowest BCUT2D eigenvalue weighted by Crippen LogP contribution is -2.64. The van der Waals surface area contributed by atoms with Crippen molar-refractivity contribution in [2.75, 3.05) is 20.3 Å². The Balaban J connectivity index is 1.39. The fraction of sp³-hybridized carbons (Fsp3) is 0.419. The van der Waals surface area contributed by atoms with E-state index in [0.717, 1.165) is 12.2 Å². The van der Waals surface area contributed by atoms with Crippen molar-refractivity contribution in [3.8, 4) is 11.5 Å². The second-order valence-electron chi connectivity index (χ2n) is 10.5. The number of phenols is 2. The molecule has 0 unspecified atom stereocenters. The molecule has 46 heavy (non-hydrogen) atoms. The fourth-order valence-electron chi connectivity index (χ4n) is 4.65. The molecule has 10 atom stereocenters. The Morgan fingerprint density at radius 3 is 1.61 bits per heavy atom. The van der Waals surface area contributed by atoms with Crippen LogP contribution in [0.5, 0.6) is 11.5 Å². The molecule has 0 radical (unpaired) electrons. The van der Waals surface area contributed by atoms with Gasteiger partial charge in [0.05, 0.1) is 0 Å². The Morgan fingerprint density at radius 2 is 1.11 bits per heavy atom. The van der Waals surface area contributed by atoms with Crippen LogP contribution in [0.2, 0.25) is 0 Å². The molecule has 15 heteroatoms. The van der Waals surface area contributed by atoms with Gasteiger partial charge >= 0.3 is 11.9 Å². The maximum Gasteiger partial charge on any atom is 0.330 e. The van der Waals surface area contributed by atoms with E-state index in [0.29, 0.717) is 11.1 Å². The van der Waals surface area contributed by atoms with Crippen molar-refractivity contribution in [3.05, 3.63) is 71.8 Å². The summed E-state index contributed by atoms with van der Waals surface area (Å²) >= 11 is 0. The van der Waals surface area contributed by atoms with Crippen LogP contribution >= 0.6 is 0 Å². The minimum absolute atomic E-state index is 0.0486. The minimum atomic E-state index is -1.86. The van der Waals surface area contributed by atoms with Crippen molar-refractivity contribution >= 4 is 24.1 Å². The number of phenolic OH excluding ortho intramolecular Hbond substituents is 2. The molecule has 2 fully saturated rings. The van der Waals surface area contributed by atoms with Gasteiger partial charge in [0, 0.05) is 19.3 Å². The van der Waals surface area contributed by atoms with E-state index in [4.69, 9.17) is 28.4 Å². The first-order valence-electron chi connectivity index (χ1n) is 14.1. The molecule has 0 aliphatic carbocycles. The third-order valence-electron chi connectivity index (χ3n) is 7.22. The number of carbonyl (C=O) groups is 2. The van der Waals surface area contributed by atoms with Crippen LogP contribution in [0.3, 0.4) is 0 Å². The first kappa shape index (κ1) is 35.0. The van der Waals surface area contributed by atoms with E-state index in [2.05, 4.69) is 0 Å². The molecule has 2 saturated heterocycles. The number of ether oxygens (including phenoxy) is 6. The molecular formula is C31H36O15. The molecule has 7 N–H and O–H groups in total. The van der Waals surface area contributed by atoms with Crippen LogP contribution < -0.4 is 0 Å². The molecule has 2 aliphatic heterocycles. The van der Waals surface area contributed by atoms with Crippen LogP contribution in [0.4, 0.5) is 0 Å². The predicted octanol–water partition coefficient (Wildman–Crippen LogP) is -0.803. The van der Waals surface area contributed by atoms with Crippen molar-refractivity contribution in [3.63, 3.8) is 0 Å². The SMILES string of the molecule is CO[C@@H]1O[C@H](COC(=O)/C=C/c2ccc(O)cc2)[C@@H](O[C@@H]2O[C@H](COC(=O)/C=C/c3ccc(O)cc3)[C@@H](O)[C@H](O)[C@H]2O)[C@H](O)[C@H]1O. The molecule has 250 valence electrons. The fourth-order valence-corrected chi connectivity index (χ4v) is 4.65. The zero-order valence-electron chi connectivity index (χ0n) is 24.5. The van der Waals surface area contributed by atoms with Crippen LogP contribution in [-0.2, 0) is 38.0 Å². The van der Waals surface area contributed by atoms with Crippen molar-refractivity contribution < 1.29 is 73.8 Å². The van der Waals surface area contributed by atoms with E-state index >= 15 is 0 Å². The van der Waals surface area contributed by atoms with Gasteiger partial charge in [0.15, 0.2) is 12.6 Å². The van der Waals surface area contributed by atoms with Gasteiger partial charge in [-0.2, -0.15) is 0 Å². The summed E-state index contributed by atoms with van der Waals surface area (Å²) in [6, 6.07) is 12.0. The largest absolute Gasteiger partial charge is 0.508 e. The number of methoxy groups -OCH3 is 1. The van der Waals surface area contributed by atoms with Gasteiger partial charge in [-0.15, -0.1) is 0 Å². The molecule has 2 aromatic rings. The highest BCUT2D eigenvalue weighted by Gasteiger charge is 2.51. The van der Waals surface area contributed by atoms with E-state index in [1.165, 1.54) is 43.5 Å². The highest BCUT2D eigenvalue weighted by atomic mass is 16.7. The lowest BCUT2D eigenvalue weighted by molar-refractivity contribution is -0.357. The summed E-state index contributed by atoms with van der Waals surface area (Å²) in [5.74, 6) is -1.53. The van der Waals surface area contributed by atoms with Crippen LogP contribution in [0.1, 0.15) is 11.1 Å². The molecule has 2 heterocycles. The number of esters is 2. The predicted molar refractivity (Wildman–Crippen MR) is 155 cm³/mol. The monoisotopic (exact) mass is 648 g/mol. The molecule has 0 aromatic heterocycles. The van der Waals surface area contributed by atoms with Crippen LogP contribution in [0.25, 0.3) is 12.2 Å². The second kappa shape index (κ2) is 16.1. The van der Waals surface area contributed by atoms with Gasteiger partial charge in [-0.3, -0.25) is 0 Å². The highest BCUT2D eigenvalue weighted by molar-refractivity contribution is 5.87. The number of rotatable bonds is 11. The smallest absolute Gasteiger partial charge is 0.330 e. The maximum atomic E-state index is 12.4. The number of aliphatic hydroxyl groups is 5. The number of hydrogen-bond acceptors (Lipinski definition) is 15. The van der Waals surface area contributed by atoms with E-state index < -0.39 is 86.6 Å². The van der Waals surface area contributed by atoms with Crippen LogP contribution in [0, 0.1) is 0 Å². The normalized spacial score (nSPS) is 31.6. The zero-order chi connectivity index (χ0) is 33.4. The van der Waals surface area contributed by atoms with Crippen molar-refractivity contribution in [1.29, 1.82) is 0 Å². The third kappa shape index (κ3) is 9.10. The van der Waals surface area contributed by atoms with Gasteiger partial charge < -0.3 is 64.2 Å². The highest BCUT2D eigenvalue weighted by Crippen LogP contribution is 2.30. The minimum Gasteiger partial charge on any atom is -0.508 e. The summed E-state index contributed by atoms with van der Waals surface area (Å²) in [6.45, 7) is -1.09. The number of benzene rings is 2. The summed E-state index contributed by atoms with van der Waals surface area (Å²) in [4.78, 5) is 24.6. The third-order valence-corrected chi connectivity index (χ3v) is 7.22. The maximum absolute atomic E-state index is 12.4. The van der Waals surface area contributed by atoms with Crippen molar-refractivity contribution in [1.82, 2.24) is 0 Å². The van der Waals surface area contributed by atoms with Gasteiger partial charge in [-0.1, -0.05) is 24.3 Å². The lowest BCUT2D eigenvalue weighted by atomic mass is 9.97. The number of hydrogen-bond donors (Lipinski definition) is 7. The van der Waals surface area contributed by atoms with E-state index in [1.54, 1.807) is 24.3 Å². The quantitative estimate of drug-likeness (QED) is 0.117. The number of carbonyl (C=O) groups excluding carboxylic acids is 2. The first-order valence-corrected chi connectivity index (χ1v) is 14.1. The summed E-state index contributed by atoms with van der Waals surface area (Å²) in [6.07, 6.45) is -11.0. The van der Waals surface area contributed by atoms with E-state index in [-0.39, 0.29) is 11.5 Å². The molecular weight excluding hydrogens is 612 g/mol. The molecule has 2 aliphatic rings. The second-order valence-corrected chi connectivity index (χ2v) is 10.5. The van der Waals surface area contributed by atoms with Crippen LogP contribution in [0.15, 0.2) is 60.7 Å². The zero-order valence-corrected chi connectivity index (χ0v) is 24.5. The average molecular weight is 649 g/mol. The lowest BCUT2D eigenvalue weighted by Gasteiger charge is -2.45. The molecule has 0 amide bonds.